The van der Waals surface area contributed by atoms with Crippen molar-refractivity contribution in [2.75, 3.05) is 13.7 Å². The van der Waals surface area contributed by atoms with Gasteiger partial charge in [-0.1, -0.05) is 30.3 Å². The van der Waals surface area contributed by atoms with Crippen molar-refractivity contribution in [3.05, 3.63) is 52.9 Å². The van der Waals surface area contributed by atoms with Crippen LogP contribution in [0.5, 0.6) is 0 Å². The molecule has 1 atom stereocenters. The van der Waals surface area contributed by atoms with Gasteiger partial charge in [0.1, 0.15) is 16.8 Å². The predicted octanol–water partition coefficient (Wildman–Crippen LogP) is 1.15. The number of nitrogens with zero attached hydrogens (tertiary/aromatic N) is 1. The summed E-state index contributed by atoms with van der Waals surface area (Å²) in [6.07, 6.45) is 0.244. The van der Waals surface area contributed by atoms with Crippen LogP contribution in [0.3, 0.4) is 0 Å². The number of benzene rings is 1. The van der Waals surface area contributed by atoms with Crippen molar-refractivity contribution in [3.8, 4) is 0 Å². The number of sulfonamides is 1. The van der Waals surface area contributed by atoms with Gasteiger partial charge in [-0.05, 0) is 29.0 Å². The van der Waals surface area contributed by atoms with Crippen LogP contribution >= 0.6 is 11.3 Å². The lowest BCUT2D eigenvalue weighted by atomic mass is 9.95. The minimum Gasteiger partial charge on any atom is -0.468 e. The Hall–Kier alpha value is -2.23. The highest BCUT2D eigenvalue weighted by atomic mass is 32.2. The smallest absolute Gasteiger partial charge is 0.325 e. The summed E-state index contributed by atoms with van der Waals surface area (Å²) >= 11 is 1.10. The van der Waals surface area contributed by atoms with E-state index in [2.05, 4.69) is 10.1 Å². The number of carbonyl (C=O) groups is 2. The minimum absolute atomic E-state index is 0.104. The highest BCUT2D eigenvalue weighted by molar-refractivity contribution is 7.91. The van der Waals surface area contributed by atoms with Crippen molar-refractivity contribution < 1.29 is 22.7 Å². The average molecular weight is 394 g/mol. The Labute approximate surface area is 155 Å². The number of rotatable bonds is 5. The van der Waals surface area contributed by atoms with Gasteiger partial charge in [0.2, 0.25) is 5.91 Å². The first-order chi connectivity index (χ1) is 12.4. The number of amides is 1. The third kappa shape index (κ3) is 3.64. The second-order valence-electron chi connectivity index (χ2n) is 5.76. The Balaban J connectivity index is 1.93. The van der Waals surface area contributed by atoms with E-state index in [4.69, 9.17) is 0 Å². The fraction of sp³-hybridized carbons (Fsp3) is 0.294. The molecule has 0 saturated heterocycles. The Morgan fingerprint density at radius 2 is 1.96 bits per heavy atom. The molecule has 0 radical (unpaired) electrons. The van der Waals surface area contributed by atoms with Crippen LogP contribution < -0.4 is 5.32 Å². The standard InChI is InChI=1S/C17H18N2O5S2/c1-24-15(20)10-18-17(21)14-9-12-5-2-3-6-13(12)11-19(14)26(22,23)16-7-4-8-25-16/h2-8,14H,9-11H2,1H3,(H,18,21)/t14-/m0/s1. The molecule has 2 aromatic rings. The molecule has 0 saturated carbocycles. The van der Waals surface area contributed by atoms with Crippen LogP contribution in [-0.4, -0.2) is 44.3 Å². The Bertz CT molecular complexity index is 909. The molecule has 0 aliphatic carbocycles. The molecule has 1 aromatic heterocycles. The van der Waals surface area contributed by atoms with Gasteiger partial charge in [0, 0.05) is 6.54 Å². The monoisotopic (exact) mass is 394 g/mol. The molecular formula is C17H18N2O5S2. The number of esters is 1. The molecule has 0 fully saturated rings. The van der Waals surface area contributed by atoms with Crippen molar-refractivity contribution >= 4 is 33.2 Å². The third-order valence-electron chi connectivity index (χ3n) is 4.20. The quantitative estimate of drug-likeness (QED) is 0.768. The van der Waals surface area contributed by atoms with Gasteiger partial charge < -0.3 is 10.1 Å². The Morgan fingerprint density at radius 1 is 1.23 bits per heavy atom. The van der Waals surface area contributed by atoms with Crippen molar-refractivity contribution in [3.63, 3.8) is 0 Å². The number of hydrogen-bond acceptors (Lipinski definition) is 6. The number of fused-ring (bicyclic) bond motifs is 1. The van der Waals surface area contributed by atoms with Crippen LogP contribution in [0.25, 0.3) is 0 Å². The first-order valence-corrected chi connectivity index (χ1v) is 10.2. The average Bonchev–Trinajstić information content (AvgIpc) is 3.20. The Kier molecular flexibility index (Phi) is 5.40. The fourth-order valence-electron chi connectivity index (χ4n) is 2.85. The maximum atomic E-state index is 13.0. The summed E-state index contributed by atoms with van der Waals surface area (Å²) in [6, 6.07) is 9.67. The molecule has 1 aliphatic heterocycles. The second kappa shape index (κ2) is 7.56. The number of thiophene rings is 1. The summed E-state index contributed by atoms with van der Waals surface area (Å²) in [5.74, 6) is -1.12. The molecule has 2 heterocycles. The molecule has 1 aliphatic rings. The maximum absolute atomic E-state index is 13.0. The molecule has 0 bridgehead atoms. The van der Waals surface area contributed by atoms with Gasteiger partial charge in [-0.15, -0.1) is 11.3 Å². The van der Waals surface area contributed by atoms with E-state index in [1.807, 2.05) is 24.3 Å². The molecule has 9 heteroatoms. The van der Waals surface area contributed by atoms with Crippen LogP contribution in [0.15, 0.2) is 46.0 Å². The van der Waals surface area contributed by atoms with Gasteiger partial charge in [-0.2, -0.15) is 4.31 Å². The van der Waals surface area contributed by atoms with Crippen LogP contribution in [0.1, 0.15) is 11.1 Å². The lowest BCUT2D eigenvalue weighted by molar-refractivity contribution is -0.141. The van der Waals surface area contributed by atoms with E-state index in [1.54, 1.807) is 11.4 Å². The molecule has 0 spiro atoms. The lowest BCUT2D eigenvalue weighted by Crippen LogP contribution is -2.53. The predicted molar refractivity (Wildman–Crippen MR) is 96.0 cm³/mol. The zero-order chi connectivity index (χ0) is 18.7. The van der Waals surface area contributed by atoms with E-state index in [1.165, 1.54) is 17.5 Å². The summed E-state index contributed by atoms with van der Waals surface area (Å²) in [5.41, 5.74) is 1.79. The normalized spacial score (nSPS) is 17.3. The van der Waals surface area contributed by atoms with Gasteiger partial charge in [-0.3, -0.25) is 9.59 Å². The highest BCUT2D eigenvalue weighted by Crippen LogP contribution is 2.30. The van der Waals surface area contributed by atoms with Gasteiger partial charge >= 0.3 is 5.97 Å². The first kappa shape index (κ1) is 18.6. The highest BCUT2D eigenvalue weighted by Gasteiger charge is 2.40. The van der Waals surface area contributed by atoms with Crippen molar-refractivity contribution in [2.24, 2.45) is 0 Å². The third-order valence-corrected chi connectivity index (χ3v) is 7.43. The molecule has 7 nitrogen and oxygen atoms in total. The Morgan fingerprint density at radius 3 is 2.62 bits per heavy atom. The summed E-state index contributed by atoms with van der Waals surface area (Å²) < 4.78 is 32.0. The number of hydrogen-bond donors (Lipinski definition) is 1. The van der Waals surface area contributed by atoms with E-state index in [9.17, 15) is 18.0 Å². The maximum Gasteiger partial charge on any atom is 0.325 e. The van der Waals surface area contributed by atoms with Gasteiger partial charge in [0.05, 0.1) is 7.11 Å². The number of ether oxygens (including phenoxy) is 1. The van der Waals surface area contributed by atoms with Crippen LogP contribution in [0.4, 0.5) is 0 Å². The van der Waals surface area contributed by atoms with E-state index < -0.39 is 27.9 Å². The van der Waals surface area contributed by atoms with E-state index in [0.29, 0.717) is 0 Å². The number of carbonyl (C=O) groups excluding carboxylic acids is 2. The molecule has 1 amide bonds. The number of methoxy groups -OCH3 is 1. The van der Waals surface area contributed by atoms with Crippen LogP contribution in [0.2, 0.25) is 0 Å². The van der Waals surface area contributed by atoms with E-state index in [-0.39, 0.29) is 23.7 Å². The summed E-state index contributed by atoms with van der Waals surface area (Å²) in [4.78, 5) is 23.9. The van der Waals surface area contributed by atoms with Gasteiger partial charge in [-0.25, -0.2) is 8.42 Å². The molecule has 138 valence electrons. The van der Waals surface area contributed by atoms with Crippen LogP contribution in [0, 0.1) is 0 Å². The van der Waals surface area contributed by atoms with E-state index >= 15 is 0 Å². The lowest BCUT2D eigenvalue weighted by Gasteiger charge is -2.34. The molecule has 26 heavy (non-hydrogen) atoms. The van der Waals surface area contributed by atoms with Crippen LogP contribution in [-0.2, 0) is 37.3 Å². The zero-order valence-electron chi connectivity index (χ0n) is 14.0. The fourth-order valence-corrected chi connectivity index (χ4v) is 5.53. The topological polar surface area (TPSA) is 92.8 Å². The first-order valence-electron chi connectivity index (χ1n) is 7.90. The molecule has 1 N–H and O–H groups in total. The second-order valence-corrected chi connectivity index (χ2v) is 8.83. The van der Waals surface area contributed by atoms with E-state index in [0.717, 1.165) is 22.5 Å². The van der Waals surface area contributed by atoms with Gasteiger partial charge in [0.15, 0.2) is 0 Å². The molecule has 3 rings (SSSR count). The number of nitrogens with one attached hydrogen (secondary N) is 1. The summed E-state index contributed by atoms with van der Waals surface area (Å²) in [5, 5.41) is 4.14. The van der Waals surface area contributed by atoms with Gasteiger partial charge in [0.25, 0.3) is 10.0 Å². The minimum atomic E-state index is -3.82. The largest absolute Gasteiger partial charge is 0.468 e. The summed E-state index contributed by atoms with van der Waals surface area (Å²) in [7, 11) is -2.60. The molecule has 0 unspecified atom stereocenters. The summed E-state index contributed by atoms with van der Waals surface area (Å²) in [6.45, 7) is -0.201. The van der Waals surface area contributed by atoms with Crippen molar-refractivity contribution in [1.82, 2.24) is 9.62 Å². The SMILES string of the molecule is COC(=O)CNC(=O)[C@@H]1Cc2ccccc2CN1S(=O)(=O)c1cccs1. The zero-order valence-corrected chi connectivity index (χ0v) is 15.7. The molecular weight excluding hydrogens is 376 g/mol. The van der Waals surface area contributed by atoms with Crippen molar-refractivity contribution in [1.29, 1.82) is 0 Å². The molecule has 1 aromatic carbocycles. The van der Waals surface area contributed by atoms with Crippen molar-refractivity contribution in [2.45, 2.75) is 23.2 Å².